The molecule has 3 nitrogen and oxygen atoms in total. The molecule has 2 aromatic carbocycles. The van der Waals surface area contributed by atoms with Crippen LogP contribution in [0.1, 0.15) is 35.4 Å². The van der Waals surface area contributed by atoms with Crippen LogP contribution in [0.3, 0.4) is 0 Å². The van der Waals surface area contributed by atoms with Crippen LogP contribution in [0.5, 0.6) is 11.5 Å². The third-order valence-corrected chi connectivity index (χ3v) is 5.09. The molecule has 0 spiro atoms. The quantitative estimate of drug-likeness (QED) is 0.663. The van der Waals surface area contributed by atoms with Gasteiger partial charge in [-0.2, -0.15) is 13.2 Å². The molecular weight excluding hydrogens is 381 g/mol. The Bertz CT molecular complexity index is 950. The number of carbonyl (C=O) groups excluding carboxylic acids is 1. The molecule has 0 amide bonds. The molecule has 0 saturated heterocycles. The summed E-state index contributed by atoms with van der Waals surface area (Å²) in [6.07, 6.45) is -2.39. The van der Waals surface area contributed by atoms with Gasteiger partial charge >= 0.3 is 6.18 Å². The van der Waals surface area contributed by atoms with Crippen LogP contribution in [0.4, 0.5) is 13.2 Å². The van der Waals surface area contributed by atoms with Crippen molar-refractivity contribution in [3.63, 3.8) is 0 Å². The minimum absolute atomic E-state index is 0.123. The molecular formula is C20H14ClF3O3. The van der Waals surface area contributed by atoms with Crippen molar-refractivity contribution in [1.82, 2.24) is 0 Å². The van der Waals surface area contributed by atoms with E-state index in [9.17, 15) is 18.0 Å². The van der Waals surface area contributed by atoms with Crippen molar-refractivity contribution in [2.24, 2.45) is 0 Å². The summed E-state index contributed by atoms with van der Waals surface area (Å²) in [6, 6.07) is 9.20. The normalized spacial score (nSPS) is 19.2. The van der Waals surface area contributed by atoms with Gasteiger partial charge in [-0.05, 0) is 59.4 Å². The van der Waals surface area contributed by atoms with Crippen LogP contribution in [0.15, 0.2) is 42.5 Å². The molecule has 1 aliphatic carbocycles. The first-order chi connectivity index (χ1) is 12.8. The molecule has 1 unspecified atom stereocenters. The highest BCUT2D eigenvalue weighted by Crippen LogP contribution is 2.42. The highest BCUT2D eigenvalue weighted by atomic mass is 35.5. The van der Waals surface area contributed by atoms with Crippen molar-refractivity contribution < 1.29 is 27.4 Å². The fourth-order valence-corrected chi connectivity index (χ4v) is 3.66. The summed E-state index contributed by atoms with van der Waals surface area (Å²) < 4.78 is 50.1. The van der Waals surface area contributed by atoms with Crippen LogP contribution in [0.2, 0.25) is 5.02 Å². The second-order valence-corrected chi connectivity index (χ2v) is 6.95. The van der Waals surface area contributed by atoms with Crippen molar-refractivity contribution in [1.29, 1.82) is 0 Å². The number of carbonyl (C=O) groups is 1. The molecule has 0 aromatic heterocycles. The predicted molar refractivity (Wildman–Crippen MR) is 94.0 cm³/mol. The summed E-state index contributed by atoms with van der Waals surface area (Å²) in [5, 5.41) is -0.360. The SMILES string of the molecule is O=C1C=C(c2ccc(Cl)c(C(F)(F)F)c2)CC(c2ccc3c(c2)OCO3)C1. The van der Waals surface area contributed by atoms with Gasteiger partial charge in [0.05, 0.1) is 10.6 Å². The third kappa shape index (κ3) is 3.54. The number of ketones is 1. The van der Waals surface area contributed by atoms with Crippen molar-refractivity contribution in [2.75, 3.05) is 6.79 Å². The number of halogens is 4. The van der Waals surface area contributed by atoms with Gasteiger partial charge in [0.15, 0.2) is 17.3 Å². The molecule has 27 heavy (non-hydrogen) atoms. The zero-order valence-electron chi connectivity index (χ0n) is 14.0. The lowest BCUT2D eigenvalue weighted by Gasteiger charge is -2.23. The van der Waals surface area contributed by atoms with E-state index in [0.717, 1.165) is 11.6 Å². The molecule has 7 heteroatoms. The van der Waals surface area contributed by atoms with Crippen LogP contribution in [0, 0.1) is 0 Å². The number of allylic oxidation sites excluding steroid dienone is 2. The van der Waals surface area contributed by atoms with Gasteiger partial charge in [0, 0.05) is 6.42 Å². The highest BCUT2D eigenvalue weighted by Gasteiger charge is 2.34. The second kappa shape index (κ2) is 6.60. The monoisotopic (exact) mass is 394 g/mol. The molecule has 0 fully saturated rings. The van der Waals surface area contributed by atoms with Crippen molar-refractivity contribution in [3.05, 3.63) is 64.2 Å². The molecule has 2 aliphatic rings. The Hall–Kier alpha value is -2.47. The van der Waals surface area contributed by atoms with E-state index in [1.165, 1.54) is 18.2 Å². The Morgan fingerprint density at radius 1 is 1.00 bits per heavy atom. The van der Waals surface area contributed by atoms with Crippen LogP contribution >= 0.6 is 11.6 Å². The Morgan fingerprint density at radius 3 is 2.56 bits per heavy atom. The van der Waals surface area contributed by atoms with Gasteiger partial charge in [-0.3, -0.25) is 4.79 Å². The largest absolute Gasteiger partial charge is 0.454 e. The highest BCUT2D eigenvalue weighted by molar-refractivity contribution is 6.31. The van der Waals surface area contributed by atoms with Gasteiger partial charge in [0.2, 0.25) is 6.79 Å². The van der Waals surface area contributed by atoms with Gasteiger partial charge in [-0.1, -0.05) is 23.7 Å². The maximum atomic E-state index is 13.1. The van der Waals surface area contributed by atoms with E-state index < -0.39 is 11.7 Å². The van der Waals surface area contributed by atoms with Gasteiger partial charge in [-0.15, -0.1) is 0 Å². The Balaban J connectivity index is 1.66. The Labute approximate surface area is 158 Å². The molecule has 1 heterocycles. The fraction of sp³-hybridized carbons (Fsp3) is 0.250. The van der Waals surface area contributed by atoms with E-state index in [1.54, 1.807) is 6.07 Å². The number of hydrogen-bond donors (Lipinski definition) is 0. The van der Waals surface area contributed by atoms with Gasteiger partial charge in [0.1, 0.15) is 0 Å². The average Bonchev–Trinajstić information content (AvgIpc) is 3.08. The fourth-order valence-electron chi connectivity index (χ4n) is 3.44. The number of hydrogen-bond acceptors (Lipinski definition) is 3. The number of ether oxygens (including phenoxy) is 2. The number of rotatable bonds is 2. The summed E-state index contributed by atoms with van der Waals surface area (Å²) in [4.78, 5) is 12.2. The first kappa shape index (κ1) is 17.9. The molecule has 0 N–H and O–H groups in total. The Morgan fingerprint density at radius 2 is 1.78 bits per heavy atom. The van der Waals surface area contributed by atoms with Gasteiger partial charge < -0.3 is 9.47 Å². The minimum Gasteiger partial charge on any atom is -0.454 e. The predicted octanol–water partition coefficient (Wildman–Crippen LogP) is 5.62. The van der Waals surface area contributed by atoms with Crippen molar-refractivity contribution in [2.45, 2.75) is 24.9 Å². The van der Waals surface area contributed by atoms with Gasteiger partial charge in [-0.25, -0.2) is 0 Å². The lowest BCUT2D eigenvalue weighted by molar-refractivity contribution is -0.137. The van der Waals surface area contributed by atoms with E-state index in [-0.39, 0.29) is 23.5 Å². The molecule has 140 valence electrons. The lowest BCUT2D eigenvalue weighted by Crippen LogP contribution is -2.13. The van der Waals surface area contributed by atoms with E-state index in [1.807, 2.05) is 12.1 Å². The van der Waals surface area contributed by atoms with Crippen LogP contribution in [-0.4, -0.2) is 12.6 Å². The maximum Gasteiger partial charge on any atom is 0.417 e. The van der Waals surface area contributed by atoms with E-state index in [0.29, 0.717) is 35.5 Å². The summed E-state index contributed by atoms with van der Waals surface area (Å²) in [6.45, 7) is 0.151. The molecule has 0 bridgehead atoms. The standard InChI is InChI=1S/C20H14ClF3O3/c21-17-3-1-11(8-16(17)20(22,23)24)13-5-14(7-15(25)6-13)12-2-4-18-19(9-12)27-10-26-18/h1-4,6,8-9,14H,5,7,10H2. The van der Waals surface area contributed by atoms with Gasteiger partial charge in [0.25, 0.3) is 0 Å². The van der Waals surface area contributed by atoms with Crippen LogP contribution < -0.4 is 9.47 Å². The zero-order chi connectivity index (χ0) is 19.2. The zero-order valence-corrected chi connectivity index (χ0v) is 14.7. The first-order valence-electron chi connectivity index (χ1n) is 8.31. The number of alkyl halides is 3. The average molecular weight is 395 g/mol. The molecule has 1 aliphatic heterocycles. The number of benzene rings is 2. The van der Waals surface area contributed by atoms with E-state index in [4.69, 9.17) is 21.1 Å². The number of fused-ring (bicyclic) bond motifs is 1. The third-order valence-electron chi connectivity index (χ3n) is 4.76. The molecule has 0 radical (unpaired) electrons. The second-order valence-electron chi connectivity index (χ2n) is 6.55. The Kier molecular flexibility index (Phi) is 4.38. The van der Waals surface area contributed by atoms with E-state index >= 15 is 0 Å². The first-order valence-corrected chi connectivity index (χ1v) is 8.69. The topological polar surface area (TPSA) is 35.5 Å². The summed E-state index contributed by atoms with van der Waals surface area (Å²) >= 11 is 5.69. The summed E-state index contributed by atoms with van der Waals surface area (Å²) in [7, 11) is 0. The summed E-state index contributed by atoms with van der Waals surface area (Å²) in [5.74, 6) is 0.991. The van der Waals surface area contributed by atoms with Crippen molar-refractivity contribution >= 4 is 23.0 Å². The van der Waals surface area contributed by atoms with Crippen LogP contribution in [-0.2, 0) is 11.0 Å². The van der Waals surface area contributed by atoms with Crippen LogP contribution in [0.25, 0.3) is 5.57 Å². The summed E-state index contributed by atoms with van der Waals surface area (Å²) in [5.41, 5.74) is 0.907. The smallest absolute Gasteiger partial charge is 0.417 e. The molecule has 0 saturated carbocycles. The van der Waals surface area contributed by atoms with E-state index in [2.05, 4.69) is 0 Å². The van der Waals surface area contributed by atoms with Crippen molar-refractivity contribution in [3.8, 4) is 11.5 Å². The molecule has 2 aromatic rings. The lowest BCUT2D eigenvalue weighted by atomic mass is 9.80. The molecule has 4 rings (SSSR count). The maximum absolute atomic E-state index is 13.1. The molecule has 1 atom stereocenters. The minimum atomic E-state index is -4.55.